The van der Waals surface area contributed by atoms with Crippen molar-refractivity contribution in [3.05, 3.63) is 25.3 Å². The monoisotopic (exact) mass is 521 g/mol. The van der Waals surface area contributed by atoms with Gasteiger partial charge < -0.3 is 30.1 Å². The van der Waals surface area contributed by atoms with E-state index >= 15 is 0 Å². The number of carbonyl (C=O) groups is 4. The lowest BCUT2D eigenvalue weighted by Gasteiger charge is -2.30. The Morgan fingerprint density at radius 2 is 1.89 bits per heavy atom. The van der Waals surface area contributed by atoms with Crippen LogP contribution in [0.15, 0.2) is 25.3 Å². The number of hydrogen-bond donors (Lipinski definition) is 3. The molecule has 10 heteroatoms. The van der Waals surface area contributed by atoms with Crippen molar-refractivity contribution in [2.45, 2.75) is 102 Å². The van der Waals surface area contributed by atoms with Crippen LogP contribution in [0, 0.1) is 5.92 Å². The highest BCUT2D eigenvalue weighted by Crippen LogP contribution is 2.45. The third-order valence-corrected chi connectivity index (χ3v) is 6.54. The van der Waals surface area contributed by atoms with Crippen molar-refractivity contribution < 1.29 is 33.8 Å². The van der Waals surface area contributed by atoms with Gasteiger partial charge in [-0.3, -0.25) is 9.59 Å². The summed E-state index contributed by atoms with van der Waals surface area (Å²) in [6.07, 6.45) is 5.77. The standard InChI is InChI=1S/C27H43N3O7/c1-7-10-11-12-13-14-20(28-25(35)37-26(4,5)6)23(33)30-17-19(31)15-21(30)22(32)29-27(16-18(27)8-2)24(34)36-9-3/h7-8,18-21,31H,1-2,9-17H2,3-6H3,(H,28,35)(H,29,32)/t18-,19-,20+,21?,27?/m1/s1. The zero-order valence-corrected chi connectivity index (χ0v) is 22.6. The average molecular weight is 522 g/mol. The van der Waals surface area contributed by atoms with E-state index in [0.29, 0.717) is 19.3 Å². The predicted molar refractivity (Wildman–Crippen MR) is 138 cm³/mol. The van der Waals surface area contributed by atoms with E-state index in [0.717, 1.165) is 19.3 Å². The summed E-state index contributed by atoms with van der Waals surface area (Å²) < 4.78 is 10.5. The number of allylic oxidation sites excluding steroid dienone is 1. The molecule has 0 radical (unpaired) electrons. The van der Waals surface area contributed by atoms with Crippen molar-refractivity contribution in [1.29, 1.82) is 0 Å². The third kappa shape index (κ3) is 8.31. The summed E-state index contributed by atoms with van der Waals surface area (Å²) in [6.45, 7) is 14.4. The highest BCUT2D eigenvalue weighted by molar-refractivity contribution is 5.96. The Bertz CT molecular complexity index is 869. The maximum Gasteiger partial charge on any atom is 0.408 e. The number of rotatable bonds is 13. The quantitative estimate of drug-likeness (QED) is 0.193. The van der Waals surface area contributed by atoms with E-state index in [1.807, 2.05) is 6.08 Å². The Morgan fingerprint density at radius 3 is 2.46 bits per heavy atom. The molecule has 0 aromatic heterocycles. The fourth-order valence-corrected chi connectivity index (χ4v) is 4.59. The van der Waals surface area contributed by atoms with Gasteiger partial charge in [-0.25, -0.2) is 9.59 Å². The van der Waals surface area contributed by atoms with Gasteiger partial charge in [0.2, 0.25) is 11.8 Å². The van der Waals surface area contributed by atoms with Crippen LogP contribution in [-0.4, -0.2) is 76.4 Å². The van der Waals surface area contributed by atoms with Gasteiger partial charge in [-0.05, 0) is 53.4 Å². The molecule has 2 rings (SSSR count). The molecule has 2 fully saturated rings. The summed E-state index contributed by atoms with van der Waals surface area (Å²) >= 11 is 0. The van der Waals surface area contributed by atoms with Crippen molar-refractivity contribution in [3.8, 4) is 0 Å². The zero-order chi connectivity index (χ0) is 27.8. The second kappa shape index (κ2) is 13.1. The van der Waals surface area contributed by atoms with Gasteiger partial charge in [0.25, 0.3) is 0 Å². The van der Waals surface area contributed by atoms with Crippen LogP contribution < -0.4 is 10.6 Å². The molecule has 0 aromatic carbocycles. The first-order valence-corrected chi connectivity index (χ1v) is 13.1. The first-order chi connectivity index (χ1) is 17.4. The van der Waals surface area contributed by atoms with Crippen LogP contribution in [-0.2, 0) is 23.9 Å². The van der Waals surface area contributed by atoms with Gasteiger partial charge in [0.05, 0.1) is 12.7 Å². The molecule has 10 nitrogen and oxygen atoms in total. The number of aliphatic hydroxyl groups excluding tert-OH is 1. The van der Waals surface area contributed by atoms with E-state index in [1.165, 1.54) is 4.90 Å². The van der Waals surface area contributed by atoms with E-state index in [9.17, 15) is 24.3 Å². The number of likely N-dealkylation sites (tertiary alicyclic amines) is 1. The Labute approximate surface area is 219 Å². The molecule has 1 saturated carbocycles. The SMILES string of the molecule is C=CCCCCC[C@H](NC(=O)OC(C)(C)C)C(=O)N1C[C@H](O)CC1C(=O)NC1(C(=O)OCC)C[C@H]1C=C. The van der Waals surface area contributed by atoms with Crippen LogP contribution in [0.3, 0.4) is 0 Å². The summed E-state index contributed by atoms with van der Waals surface area (Å²) in [4.78, 5) is 53.3. The number of nitrogens with zero attached hydrogens (tertiary/aromatic N) is 1. The van der Waals surface area contributed by atoms with Crippen molar-refractivity contribution in [3.63, 3.8) is 0 Å². The minimum Gasteiger partial charge on any atom is -0.464 e. The molecule has 0 bridgehead atoms. The van der Waals surface area contributed by atoms with E-state index in [2.05, 4.69) is 23.8 Å². The Hall–Kier alpha value is -2.88. The second-order valence-corrected chi connectivity index (χ2v) is 10.7. The first kappa shape index (κ1) is 30.3. The fourth-order valence-electron chi connectivity index (χ4n) is 4.59. The Balaban J connectivity index is 2.17. The number of esters is 1. The topological polar surface area (TPSA) is 134 Å². The summed E-state index contributed by atoms with van der Waals surface area (Å²) in [7, 11) is 0. The molecule has 5 atom stereocenters. The van der Waals surface area contributed by atoms with Crippen molar-refractivity contribution >= 4 is 23.9 Å². The molecule has 1 aliphatic carbocycles. The maximum atomic E-state index is 13.6. The van der Waals surface area contributed by atoms with Gasteiger partial charge in [-0.1, -0.05) is 25.0 Å². The van der Waals surface area contributed by atoms with E-state index in [-0.39, 0.29) is 25.5 Å². The van der Waals surface area contributed by atoms with Gasteiger partial charge in [0.15, 0.2) is 0 Å². The lowest BCUT2D eigenvalue weighted by atomic mass is 10.0. The molecule has 208 valence electrons. The molecule has 1 heterocycles. The van der Waals surface area contributed by atoms with Crippen LogP contribution in [0.1, 0.15) is 72.6 Å². The zero-order valence-electron chi connectivity index (χ0n) is 22.6. The van der Waals surface area contributed by atoms with Crippen molar-refractivity contribution in [2.75, 3.05) is 13.2 Å². The lowest BCUT2D eigenvalue weighted by Crippen LogP contribution is -2.56. The largest absolute Gasteiger partial charge is 0.464 e. The van der Waals surface area contributed by atoms with Crippen LogP contribution in [0.2, 0.25) is 0 Å². The van der Waals surface area contributed by atoms with Gasteiger partial charge >= 0.3 is 12.1 Å². The molecule has 1 saturated heterocycles. The molecule has 3 N–H and O–H groups in total. The number of unbranched alkanes of at least 4 members (excludes halogenated alkanes) is 3. The predicted octanol–water partition coefficient (Wildman–Crippen LogP) is 2.60. The summed E-state index contributed by atoms with van der Waals surface area (Å²) in [6, 6.07) is -1.93. The Morgan fingerprint density at radius 1 is 1.19 bits per heavy atom. The van der Waals surface area contributed by atoms with E-state index < -0.39 is 53.2 Å². The molecule has 2 aliphatic rings. The second-order valence-electron chi connectivity index (χ2n) is 10.7. The number of nitrogens with one attached hydrogen (secondary N) is 2. The number of carbonyl (C=O) groups excluding carboxylic acids is 4. The van der Waals surface area contributed by atoms with Crippen LogP contribution in [0.25, 0.3) is 0 Å². The van der Waals surface area contributed by atoms with Crippen LogP contribution >= 0.6 is 0 Å². The number of amides is 3. The van der Waals surface area contributed by atoms with Crippen molar-refractivity contribution in [1.82, 2.24) is 15.5 Å². The molecule has 2 unspecified atom stereocenters. The minimum absolute atomic E-state index is 0.0216. The van der Waals surface area contributed by atoms with E-state index in [4.69, 9.17) is 9.47 Å². The number of aliphatic hydroxyl groups is 1. The summed E-state index contributed by atoms with van der Waals surface area (Å²) in [5, 5.41) is 15.8. The molecule has 0 spiro atoms. The number of ether oxygens (including phenoxy) is 2. The van der Waals surface area contributed by atoms with E-state index in [1.54, 1.807) is 33.8 Å². The van der Waals surface area contributed by atoms with Gasteiger partial charge in [-0.2, -0.15) is 0 Å². The number of alkyl carbamates (subject to hydrolysis) is 1. The first-order valence-electron chi connectivity index (χ1n) is 13.1. The molecular weight excluding hydrogens is 478 g/mol. The highest BCUT2D eigenvalue weighted by atomic mass is 16.6. The Kier molecular flexibility index (Phi) is 10.7. The summed E-state index contributed by atoms with van der Waals surface area (Å²) in [5.41, 5.74) is -1.96. The normalized spacial score (nSPS) is 25.5. The number of β-amino-alcohol motifs (C(OH)–C–C–N with tert-alkyl or cyclic N) is 1. The summed E-state index contributed by atoms with van der Waals surface area (Å²) in [5.74, 6) is -1.85. The van der Waals surface area contributed by atoms with Gasteiger partial charge in [0, 0.05) is 18.9 Å². The van der Waals surface area contributed by atoms with Gasteiger partial charge in [0.1, 0.15) is 23.2 Å². The number of hydrogen-bond acceptors (Lipinski definition) is 7. The maximum absolute atomic E-state index is 13.6. The molecule has 1 aliphatic heterocycles. The molecular formula is C27H43N3O7. The van der Waals surface area contributed by atoms with Crippen molar-refractivity contribution in [2.24, 2.45) is 5.92 Å². The van der Waals surface area contributed by atoms with Crippen LogP contribution in [0.5, 0.6) is 0 Å². The smallest absolute Gasteiger partial charge is 0.408 e. The fraction of sp³-hybridized carbons (Fsp3) is 0.704. The lowest BCUT2D eigenvalue weighted by molar-refractivity contribution is -0.150. The highest BCUT2D eigenvalue weighted by Gasteiger charge is 2.62. The molecule has 37 heavy (non-hydrogen) atoms. The average Bonchev–Trinajstić information content (AvgIpc) is 3.39. The van der Waals surface area contributed by atoms with Gasteiger partial charge in [-0.15, -0.1) is 13.2 Å². The molecule has 0 aromatic rings. The minimum atomic E-state index is -1.21. The third-order valence-electron chi connectivity index (χ3n) is 6.54. The molecule has 3 amide bonds. The van der Waals surface area contributed by atoms with Crippen LogP contribution in [0.4, 0.5) is 4.79 Å².